The van der Waals surface area contributed by atoms with Crippen LogP contribution < -0.4 is 41.1 Å². The molecule has 0 saturated heterocycles. The van der Waals surface area contributed by atoms with E-state index < -0.39 is 49.9 Å². The van der Waals surface area contributed by atoms with Crippen molar-refractivity contribution in [3.63, 3.8) is 0 Å². The first-order valence-corrected chi connectivity index (χ1v) is 17.5. The summed E-state index contributed by atoms with van der Waals surface area (Å²) in [6.45, 7) is 2.42. The van der Waals surface area contributed by atoms with E-state index in [1.165, 1.54) is 19.2 Å². The summed E-state index contributed by atoms with van der Waals surface area (Å²) in [6, 6.07) is 22.4. The first-order valence-electron chi connectivity index (χ1n) is 13.7. The molecule has 2 unspecified atom stereocenters. The Hall–Kier alpha value is -2.48. The molecule has 2 amide bonds. The quantitative estimate of drug-likeness (QED) is 0.0719. The molecule has 0 heterocycles. The number of alkyl halides is 2. The maximum absolute atomic E-state index is 13.3. The van der Waals surface area contributed by atoms with Crippen molar-refractivity contribution in [2.24, 2.45) is 5.92 Å². The average molecular weight is 835 g/mol. The summed E-state index contributed by atoms with van der Waals surface area (Å²) >= 11 is 30.6. The van der Waals surface area contributed by atoms with Crippen molar-refractivity contribution in [2.45, 2.75) is 23.7 Å². The first kappa shape index (κ1) is 34.8. The van der Waals surface area contributed by atoms with Crippen LogP contribution in [0.3, 0.4) is 0 Å². The molecule has 1 aliphatic carbocycles. The van der Waals surface area contributed by atoms with Crippen molar-refractivity contribution in [3.8, 4) is 0 Å². The van der Waals surface area contributed by atoms with Gasteiger partial charge in [-0.15, -0.1) is 23.2 Å². The molecule has 0 aliphatic heterocycles. The second-order valence-corrected chi connectivity index (χ2v) is 15.4. The summed E-state index contributed by atoms with van der Waals surface area (Å²) in [5.41, 5.74) is 5.01. The Labute approximate surface area is 302 Å². The van der Waals surface area contributed by atoms with Gasteiger partial charge in [-0.25, -0.2) is 0 Å². The monoisotopic (exact) mass is 832 g/mol. The van der Waals surface area contributed by atoms with Crippen molar-refractivity contribution in [1.29, 1.82) is 0 Å². The molecule has 4 aromatic carbocycles. The molecule has 1 fully saturated rings. The van der Waals surface area contributed by atoms with Crippen LogP contribution in [0.2, 0.25) is 15.1 Å². The van der Waals surface area contributed by atoms with Gasteiger partial charge in [-0.2, -0.15) is 0 Å². The Morgan fingerprint density at radius 2 is 1.59 bits per heavy atom. The molecule has 46 heavy (non-hydrogen) atoms. The zero-order valence-corrected chi connectivity index (χ0v) is 30.2. The van der Waals surface area contributed by atoms with Gasteiger partial charge in [0.25, 0.3) is 5.91 Å². The van der Waals surface area contributed by atoms with E-state index in [-0.39, 0.29) is 10.6 Å². The minimum absolute atomic E-state index is 0.172. The van der Waals surface area contributed by atoms with E-state index in [0.717, 1.165) is 20.1 Å². The van der Waals surface area contributed by atoms with Gasteiger partial charge in [0.2, 0.25) is 5.91 Å². The van der Waals surface area contributed by atoms with Gasteiger partial charge in [-0.1, -0.05) is 34.8 Å². The van der Waals surface area contributed by atoms with Gasteiger partial charge in [-0.3, -0.25) is 9.59 Å². The number of halogens is 6. The number of carbonyl (C=O) groups excluding carboxylic acids is 2. The molecule has 3 N–H and O–H groups in total. The maximum atomic E-state index is 13.3. The average Bonchev–Trinajstić information content (AvgIpc) is 3.60. The van der Waals surface area contributed by atoms with Crippen LogP contribution in [0.4, 0.5) is 22.7 Å². The van der Waals surface area contributed by atoms with Crippen molar-refractivity contribution in [1.82, 2.24) is 0 Å². The zero-order chi connectivity index (χ0) is 33.2. The third-order valence-electron chi connectivity index (χ3n) is 7.30. The van der Waals surface area contributed by atoms with Crippen molar-refractivity contribution in [2.75, 3.05) is 26.3 Å². The number of anilines is 4. The Bertz CT molecular complexity index is 1760. The summed E-state index contributed by atoms with van der Waals surface area (Å²) < 4.78 is 4.50. The van der Waals surface area contributed by atoms with Crippen LogP contribution in [0.5, 0.6) is 0 Å². The van der Waals surface area contributed by atoms with Crippen molar-refractivity contribution in [3.05, 3.63) is 121 Å². The molecular weight excluding hydrogens is 809 g/mol. The summed E-state index contributed by atoms with van der Waals surface area (Å²) in [6.07, 6.45) is 0. The third-order valence-corrected chi connectivity index (χ3v) is 10.3. The topological polar surface area (TPSA) is 106 Å². The number of amides is 2. The zero-order valence-electron chi connectivity index (χ0n) is 24.2. The van der Waals surface area contributed by atoms with E-state index in [2.05, 4.69) is 16.0 Å². The Kier molecular flexibility index (Phi) is 11.2. The molecule has 1 aliphatic rings. The number of carbonyl (C=O) groups is 2. The summed E-state index contributed by atoms with van der Waals surface area (Å²) in [4.78, 5) is 26.4. The Balaban J connectivity index is 1.21. The van der Waals surface area contributed by atoms with Gasteiger partial charge < -0.3 is 5.32 Å². The van der Waals surface area contributed by atoms with Crippen LogP contribution in [0, 0.1) is 18.0 Å². The first-order chi connectivity index (χ1) is 21.9. The predicted octanol–water partition coefficient (Wildman–Crippen LogP) is 6.22. The van der Waals surface area contributed by atoms with Crippen LogP contribution >= 0.6 is 58.0 Å². The van der Waals surface area contributed by atoms with Crippen LogP contribution in [-0.2, 0) is 14.4 Å². The van der Waals surface area contributed by atoms with E-state index in [9.17, 15) is 14.8 Å². The van der Waals surface area contributed by atoms with E-state index in [0.29, 0.717) is 39.2 Å². The van der Waals surface area contributed by atoms with Crippen LogP contribution in [0.15, 0.2) is 78.9 Å². The Morgan fingerprint density at radius 1 is 0.913 bits per heavy atom. The fourth-order valence-corrected chi connectivity index (χ4v) is 7.44. The van der Waals surface area contributed by atoms with E-state index in [1.54, 1.807) is 42.5 Å². The van der Waals surface area contributed by atoms with E-state index in [1.807, 2.05) is 31.2 Å². The number of rotatable bonds is 11. The predicted molar refractivity (Wildman–Crippen MR) is 183 cm³/mol. The van der Waals surface area contributed by atoms with Gasteiger partial charge in [0.05, 0.1) is 16.5 Å². The molecule has 0 bridgehead atoms. The standard InChI is InChI=1S/C32H26Cl5IN4O4/c1-17-11-22(39-16-18-3-7-24(8-4-18)42(45)38-46-2)6-10-27(17)41-30(43)25-15-23(5-9-26(25)35)40-31(44)29-28(32(29,36)37)19-12-20(33)14-21(34)13-19/h3-15,28-29,39H,16H2,1-2H3,(H,40,44)(H,41,43)/q-2. The molecule has 0 spiro atoms. The van der Waals surface area contributed by atoms with Crippen LogP contribution in [0.25, 0.3) is 0 Å². The van der Waals surface area contributed by atoms with E-state index in [4.69, 9.17) is 61.1 Å². The third kappa shape index (κ3) is 8.14. The van der Waals surface area contributed by atoms with Gasteiger partial charge in [0.15, 0.2) is 0 Å². The fraction of sp³-hybridized carbons (Fsp3) is 0.188. The van der Waals surface area contributed by atoms with Gasteiger partial charge in [0, 0.05) is 21.7 Å². The number of hydrogen-bond donors (Lipinski definition) is 3. The van der Waals surface area contributed by atoms with Gasteiger partial charge in [0.1, 0.15) is 4.33 Å². The van der Waals surface area contributed by atoms with E-state index >= 15 is 0 Å². The molecule has 1 saturated carbocycles. The van der Waals surface area contributed by atoms with Gasteiger partial charge >= 0.3 is 135 Å². The van der Waals surface area contributed by atoms with Crippen molar-refractivity contribution < 1.29 is 34.5 Å². The van der Waals surface area contributed by atoms with Crippen LogP contribution in [-0.4, -0.2) is 23.3 Å². The second kappa shape index (κ2) is 14.7. The Morgan fingerprint density at radius 3 is 2.24 bits per heavy atom. The SMILES string of the molecule is CO[I-]N([O-])c1ccc(CNc2ccc(NC(=O)c3cc(NC(=O)C4C(c5cc(Cl)cc(Cl)c5)C4(Cl)Cl)ccc3Cl)c(C)c2)cc1. The number of nitrogens with zero attached hydrogens (tertiary/aromatic N) is 1. The molecule has 5 rings (SSSR count). The molecule has 0 radical (unpaired) electrons. The second-order valence-electron chi connectivity index (χ2n) is 10.5. The number of nitrogens with one attached hydrogen (secondary N) is 3. The number of aryl methyl sites for hydroxylation is 1. The fourth-order valence-electron chi connectivity index (χ4n) is 4.96. The summed E-state index contributed by atoms with van der Waals surface area (Å²) in [7, 11) is 1.52. The van der Waals surface area contributed by atoms with Crippen LogP contribution in [0.1, 0.15) is 33.0 Å². The molecule has 4 aromatic rings. The molecule has 0 aromatic heterocycles. The number of benzene rings is 4. The molecule has 242 valence electrons. The minimum atomic E-state index is -1.35. The summed E-state index contributed by atoms with van der Waals surface area (Å²) in [5.74, 6) is -2.15. The van der Waals surface area contributed by atoms with Crippen molar-refractivity contribution >= 4 is 92.6 Å². The van der Waals surface area contributed by atoms with Gasteiger partial charge in [-0.05, 0) is 42.0 Å². The number of hydrogen-bond acceptors (Lipinski definition) is 6. The molecule has 8 nitrogen and oxygen atoms in total. The molecular formula is C32H26Cl5IN4O4-2. The molecule has 2 atom stereocenters. The summed E-state index contributed by atoms with van der Waals surface area (Å²) in [5, 5.41) is 22.0. The molecule has 14 heteroatoms. The normalized spacial score (nSPS) is 16.5.